The minimum absolute atomic E-state index is 0.0413. The maximum atomic E-state index is 9.30. The van der Waals surface area contributed by atoms with Crippen LogP contribution in [0.2, 0.25) is 0 Å². The monoisotopic (exact) mass is 167 g/mol. The topological polar surface area (TPSA) is 49.7 Å². The Kier molecular flexibility index (Phi) is 2.94. The normalized spacial score (nSPS) is 9.83. The maximum Gasteiger partial charge on any atom is 0.166 e. The second kappa shape index (κ2) is 3.97. The highest BCUT2D eigenvalue weighted by molar-refractivity contribution is 5.47. The van der Waals surface area contributed by atoms with Crippen molar-refractivity contribution in [1.82, 2.24) is 0 Å². The third-order valence-electron chi connectivity index (χ3n) is 1.45. The molecule has 0 aliphatic heterocycles. The number of phenols is 1. The molecule has 0 fully saturated rings. The summed E-state index contributed by atoms with van der Waals surface area (Å²) in [5.41, 5.74) is 0.483. The summed E-state index contributed by atoms with van der Waals surface area (Å²) in [6, 6.07) is 4.81. The van der Waals surface area contributed by atoms with Gasteiger partial charge in [-0.1, -0.05) is 12.1 Å². The molecule has 0 saturated heterocycles. The first kappa shape index (κ1) is 8.87. The Labute approximate surface area is 71.2 Å². The summed E-state index contributed by atoms with van der Waals surface area (Å²) in [4.78, 5) is 0. The summed E-state index contributed by atoms with van der Waals surface area (Å²) in [5.74, 6) is 0.363. The smallest absolute Gasteiger partial charge is 0.166 e. The first-order valence-corrected chi connectivity index (χ1v) is 3.71. The van der Waals surface area contributed by atoms with E-state index in [-0.39, 0.29) is 5.75 Å². The summed E-state index contributed by atoms with van der Waals surface area (Å²) < 4.78 is 5.12. The molecule has 65 valence electrons. The van der Waals surface area contributed by atoms with Crippen molar-refractivity contribution in [2.75, 3.05) is 6.61 Å². The van der Waals surface area contributed by atoms with Crippen LogP contribution in [0.25, 0.3) is 0 Å². The van der Waals surface area contributed by atoms with E-state index in [2.05, 4.69) is 0 Å². The summed E-state index contributed by atoms with van der Waals surface area (Å²) in [5, 5.41) is 18.1. The maximum absolute atomic E-state index is 9.30. The highest BCUT2D eigenvalue weighted by Crippen LogP contribution is 2.30. The lowest BCUT2D eigenvalue weighted by Crippen LogP contribution is -1.95. The Balaban J connectivity index is 3.02. The van der Waals surface area contributed by atoms with Crippen molar-refractivity contribution in [3.05, 3.63) is 30.4 Å². The van der Waals surface area contributed by atoms with Crippen LogP contribution in [-0.2, 0) is 0 Å². The Hall–Kier alpha value is -1.22. The number of phenolic OH excluding ortho intramolecular Hbond substituents is 1. The van der Waals surface area contributed by atoms with Crippen LogP contribution in [0.4, 0.5) is 0 Å². The average Bonchev–Trinajstić information content (AvgIpc) is 2.09. The minimum atomic E-state index is 0.0413. The van der Waals surface area contributed by atoms with Gasteiger partial charge in [-0.15, -0.1) is 0 Å². The molecule has 2 N–H and O–H groups in total. The standard InChI is InChI=1S/C9H11O3/c1-2-12-9-7(6-10)4-3-5-8(9)11/h3-6,10-11H,2H2,1H3. The molecule has 0 saturated carbocycles. The van der Waals surface area contributed by atoms with Gasteiger partial charge >= 0.3 is 0 Å². The van der Waals surface area contributed by atoms with E-state index in [4.69, 9.17) is 9.84 Å². The fourth-order valence-corrected chi connectivity index (χ4v) is 0.945. The zero-order valence-corrected chi connectivity index (χ0v) is 6.82. The number of aliphatic hydroxyl groups excluding tert-OH is 1. The van der Waals surface area contributed by atoms with E-state index in [1.165, 1.54) is 6.07 Å². The van der Waals surface area contributed by atoms with Crippen LogP contribution in [0, 0.1) is 6.61 Å². The molecule has 1 rings (SSSR count). The SMILES string of the molecule is CCOc1c(O)cccc1[CH]O. The number of rotatable bonds is 3. The van der Waals surface area contributed by atoms with Gasteiger partial charge in [0.25, 0.3) is 0 Å². The molecule has 0 spiro atoms. The summed E-state index contributed by atoms with van der Waals surface area (Å²) in [7, 11) is 0. The van der Waals surface area contributed by atoms with E-state index in [9.17, 15) is 5.11 Å². The van der Waals surface area contributed by atoms with Crippen molar-refractivity contribution in [3.8, 4) is 11.5 Å². The van der Waals surface area contributed by atoms with Crippen LogP contribution in [0.5, 0.6) is 11.5 Å². The predicted molar refractivity (Wildman–Crippen MR) is 44.6 cm³/mol. The number of aliphatic hydroxyl groups is 1. The number of aromatic hydroxyl groups is 1. The lowest BCUT2D eigenvalue weighted by atomic mass is 10.2. The molecule has 1 aromatic rings. The lowest BCUT2D eigenvalue weighted by Gasteiger charge is -2.08. The average molecular weight is 167 g/mol. The molecule has 0 unspecified atom stereocenters. The summed E-state index contributed by atoms with van der Waals surface area (Å²) in [6.45, 7) is 3.18. The van der Waals surface area contributed by atoms with Crippen LogP contribution >= 0.6 is 0 Å². The molecule has 3 nitrogen and oxygen atoms in total. The molecule has 0 atom stereocenters. The molecule has 12 heavy (non-hydrogen) atoms. The van der Waals surface area contributed by atoms with E-state index in [1.54, 1.807) is 12.1 Å². The molecule has 0 heterocycles. The van der Waals surface area contributed by atoms with Gasteiger partial charge in [-0.05, 0) is 13.0 Å². The first-order valence-electron chi connectivity index (χ1n) is 3.71. The molecular weight excluding hydrogens is 156 g/mol. The van der Waals surface area contributed by atoms with Crippen LogP contribution in [0.1, 0.15) is 12.5 Å². The zero-order chi connectivity index (χ0) is 8.97. The highest BCUT2D eigenvalue weighted by atomic mass is 16.5. The van der Waals surface area contributed by atoms with Gasteiger partial charge in [0.1, 0.15) is 6.61 Å². The minimum Gasteiger partial charge on any atom is -0.504 e. The Morgan fingerprint density at radius 1 is 1.50 bits per heavy atom. The molecule has 0 amide bonds. The molecule has 0 bridgehead atoms. The van der Waals surface area contributed by atoms with Gasteiger partial charge in [0, 0.05) is 5.56 Å². The number of ether oxygens (including phenoxy) is 1. The van der Waals surface area contributed by atoms with Crippen molar-refractivity contribution < 1.29 is 14.9 Å². The molecule has 1 radical (unpaired) electrons. The second-order valence-corrected chi connectivity index (χ2v) is 2.26. The summed E-state index contributed by atoms with van der Waals surface area (Å²) >= 11 is 0. The number of benzene rings is 1. The van der Waals surface area contributed by atoms with E-state index >= 15 is 0 Å². The van der Waals surface area contributed by atoms with E-state index < -0.39 is 0 Å². The Morgan fingerprint density at radius 2 is 2.25 bits per heavy atom. The number of hydrogen-bond acceptors (Lipinski definition) is 3. The van der Waals surface area contributed by atoms with Gasteiger partial charge in [-0.3, -0.25) is 0 Å². The van der Waals surface area contributed by atoms with Crippen molar-refractivity contribution in [1.29, 1.82) is 0 Å². The van der Waals surface area contributed by atoms with Gasteiger partial charge in [0.2, 0.25) is 0 Å². The fraction of sp³-hybridized carbons (Fsp3) is 0.222. The predicted octanol–water partition coefficient (Wildman–Crippen LogP) is 1.67. The zero-order valence-electron chi connectivity index (χ0n) is 6.82. The second-order valence-electron chi connectivity index (χ2n) is 2.26. The van der Waals surface area contributed by atoms with Crippen LogP contribution in [0.3, 0.4) is 0 Å². The van der Waals surface area contributed by atoms with Crippen LogP contribution < -0.4 is 4.74 Å². The van der Waals surface area contributed by atoms with Gasteiger partial charge in [0.05, 0.1) is 6.61 Å². The number of para-hydroxylation sites is 1. The van der Waals surface area contributed by atoms with Crippen LogP contribution in [-0.4, -0.2) is 16.8 Å². The van der Waals surface area contributed by atoms with E-state index in [1.807, 2.05) is 6.92 Å². The van der Waals surface area contributed by atoms with Crippen molar-refractivity contribution in [3.63, 3.8) is 0 Å². The van der Waals surface area contributed by atoms with Crippen molar-refractivity contribution in [2.24, 2.45) is 0 Å². The van der Waals surface area contributed by atoms with Gasteiger partial charge in [0.15, 0.2) is 11.5 Å². The van der Waals surface area contributed by atoms with Gasteiger partial charge in [-0.25, -0.2) is 0 Å². The molecule has 0 aromatic heterocycles. The molecule has 1 aromatic carbocycles. The lowest BCUT2D eigenvalue weighted by molar-refractivity contribution is 0.310. The van der Waals surface area contributed by atoms with E-state index in [0.717, 1.165) is 6.61 Å². The van der Waals surface area contributed by atoms with Crippen molar-refractivity contribution in [2.45, 2.75) is 6.92 Å². The quantitative estimate of drug-likeness (QED) is 0.720. The molecule has 3 heteroatoms. The third kappa shape index (κ3) is 1.68. The van der Waals surface area contributed by atoms with Gasteiger partial charge in [-0.2, -0.15) is 0 Å². The Morgan fingerprint density at radius 3 is 2.83 bits per heavy atom. The van der Waals surface area contributed by atoms with Crippen LogP contribution in [0.15, 0.2) is 18.2 Å². The largest absolute Gasteiger partial charge is 0.504 e. The Bertz CT molecular complexity index is 258. The van der Waals surface area contributed by atoms with E-state index in [0.29, 0.717) is 17.9 Å². The van der Waals surface area contributed by atoms with Crippen molar-refractivity contribution >= 4 is 0 Å². The third-order valence-corrected chi connectivity index (χ3v) is 1.45. The highest BCUT2D eigenvalue weighted by Gasteiger charge is 2.06. The molecule has 0 aliphatic carbocycles. The molecule has 0 aliphatic rings. The summed E-state index contributed by atoms with van der Waals surface area (Å²) in [6.07, 6.45) is 0. The first-order chi connectivity index (χ1) is 5.79. The molecular formula is C9H11O3. The fourth-order valence-electron chi connectivity index (χ4n) is 0.945. The van der Waals surface area contributed by atoms with Gasteiger partial charge < -0.3 is 14.9 Å². The number of hydrogen-bond donors (Lipinski definition) is 2.